The van der Waals surface area contributed by atoms with Gasteiger partial charge in [-0.25, -0.2) is 0 Å². The molecule has 28 heavy (non-hydrogen) atoms. The zero-order valence-electron chi connectivity index (χ0n) is 17.6. The molecule has 10 heteroatoms. The summed E-state index contributed by atoms with van der Waals surface area (Å²) in [5, 5.41) is 2.78. The van der Waals surface area contributed by atoms with E-state index in [0.717, 1.165) is 32.1 Å². The molecule has 0 saturated carbocycles. The second-order valence-electron chi connectivity index (χ2n) is 6.24. The first-order valence-electron chi connectivity index (χ1n) is 8.90. The maximum atomic E-state index is 12.3. The van der Waals surface area contributed by atoms with Gasteiger partial charge < -0.3 is 28.9 Å². The Labute approximate surface area is 212 Å². The maximum Gasteiger partial charge on any atom is 1.00 e. The predicted octanol–water partition coefficient (Wildman–Crippen LogP) is -3.55. The Kier molecular flexibility index (Phi) is 17.9. The first-order valence-corrected chi connectivity index (χ1v) is 10.4. The second-order valence-corrected chi connectivity index (χ2v) is 7.35. The molecule has 1 aromatic rings. The third-order valence-corrected chi connectivity index (χ3v) is 4.63. The standard InChI is InChI=1S/C18H30NO6P.2Na/c1-4-5-6-7-8-12-17(20)19-18(14(2)25-26(21,22)23)15-10-9-11-16(13-15)24-3;;/h9-11,13-14,18H,4-8,12H2,1-3H3,(H,19,20)(H2,21,22,23);;/q;2*+1/p-2/t14-,18+;;/m1../s1. The predicted molar refractivity (Wildman–Crippen MR) is 95.4 cm³/mol. The van der Waals surface area contributed by atoms with Gasteiger partial charge in [0.05, 0.1) is 27.1 Å². The number of phosphoric acid groups is 1. The number of rotatable bonds is 12. The van der Waals surface area contributed by atoms with Gasteiger partial charge in [-0.05, 0) is 31.0 Å². The SMILES string of the molecule is CCCCCCCC(=O)N[C@H](c1cccc(OC)c1)[C@@H](C)OP(=O)([O-])[O-].[Na+].[Na+]. The monoisotopic (exact) mass is 431 g/mol. The summed E-state index contributed by atoms with van der Waals surface area (Å²) in [5.74, 6) is 0.345. The van der Waals surface area contributed by atoms with Crippen LogP contribution in [0.2, 0.25) is 0 Å². The van der Waals surface area contributed by atoms with Gasteiger partial charge in [0, 0.05) is 6.42 Å². The normalized spacial score (nSPS) is 12.9. The van der Waals surface area contributed by atoms with Crippen LogP contribution in [0.1, 0.15) is 64.0 Å². The molecule has 1 rings (SSSR count). The van der Waals surface area contributed by atoms with E-state index in [-0.39, 0.29) is 65.0 Å². The molecular formula is C18H28NNa2O6P. The fourth-order valence-electron chi connectivity index (χ4n) is 2.71. The first kappa shape index (κ1) is 30.8. The minimum Gasteiger partial charge on any atom is -0.790 e. The van der Waals surface area contributed by atoms with Crippen LogP contribution in [0.3, 0.4) is 0 Å². The molecule has 1 amide bonds. The summed E-state index contributed by atoms with van der Waals surface area (Å²) in [6, 6.07) is 6.07. The Morgan fingerprint density at radius 1 is 1.18 bits per heavy atom. The van der Waals surface area contributed by atoms with Crippen LogP contribution >= 0.6 is 7.82 Å². The largest absolute Gasteiger partial charge is 1.00 e. The first-order chi connectivity index (χ1) is 12.3. The van der Waals surface area contributed by atoms with Crippen LogP contribution in [0, 0.1) is 0 Å². The van der Waals surface area contributed by atoms with E-state index < -0.39 is 20.0 Å². The van der Waals surface area contributed by atoms with E-state index in [0.29, 0.717) is 17.7 Å². The van der Waals surface area contributed by atoms with Gasteiger partial charge >= 0.3 is 59.1 Å². The zero-order valence-corrected chi connectivity index (χ0v) is 22.5. The van der Waals surface area contributed by atoms with Gasteiger partial charge in [0.25, 0.3) is 0 Å². The van der Waals surface area contributed by atoms with Crippen molar-refractivity contribution in [2.24, 2.45) is 0 Å². The van der Waals surface area contributed by atoms with Crippen molar-refractivity contribution in [3.05, 3.63) is 29.8 Å². The third kappa shape index (κ3) is 13.0. The number of phosphoric ester groups is 1. The van der Waals surface area contributed by atoms with Gasteiger partial charge in [0.2, 0.25) is 5.91 Å². The van der Waals surface area contributed by atoms with Gasteiger partial charge in [-0.2, -0.15) is 0 Å². The van der Waals surface area contributed by atoms with Crippen LogP contribution in [0.25, 0.3) is 0 Å². The summed E-state index contributed by atoms with van der Waals surface area (Å²) >= 11 is 0. The molecule has 0 spiro atoms. The number of hydrogen-bond donors (Lipinski definition) is 1. The number of unbranched alkanes of at least 4 members (excludes halogenated alkanes) is 4. The number of hydrogen-bond acceptors (Lipinski definition) is 6. The smallest absolute Gasteiger partial charge is 0.790 e. The Morgan fingerprint density at radius 3 is 2.39 bits per heavy atom. The van der Waals surface area contributed by atoms with E-state index in [4.69, 9.17) is 4.74 Å². The molecule has 0 radical (unpaired) electrons. The van der Waals surface area contributed by atoms with E-state index in [1.807, 2.05) is 0 Å². The molecule has 0 saturated heterocycles. The molecular weight excluding hydrogens is 403 g/mol. The van der Waals surface area contributed by atoms with Crippen LogP contribution in [-0.4, -0.2) is 19.1 Å². The van der Waals surface area contributed by atoms with Crippen molar-refractivity contribution >= 4 is 13.7 Å². The van der Waals surface area contributed by atoms with Crippen molar-refractivity contribution in [2.75, 3.05) is 7.11 Å². The molecule has 7 nitrogen and oxygen atoms in total. The van der Waals surface area contributed by atoms with Gasteiger partial charge in [-0.1, -0.05) is 44.7 Å². The molecule has 0 aliphatic carbocycles. The van der Waals surface area contributed by atoms with Crippen LogP contribution in [0.5, 0.6) is 5.75 Å². The maximum absolute atomic E-state index is 12.3. The van der Waals surface area contributed by atoms with E-state index in [9.17, 15) is 19.1 Å². The van der Waals surface area contributed by atoms with Crippen molar-refractivity contribution in [1.29, 1.82) is 0 Å². The average Bonchev–Trinajstić information content (AvgIpc) is 2.58. The third-order valence-electron chi connectivity index (χ3n) is 4.04. The Hall–Kier alpha value is 0.600. The minimum atomic E-state index is -5.17. The fourth-order valence-corrected chi connectivity index (χ4v) is 3.23. The van der Waals surface area contributed by atoms with Gasteiger partial charge in [0.15, 0.2) is 0 Å². The molecule has 0 bridgehead atoms. The summed E-state index contributed by atoms with van der Waals surface area (Å²) < 4.78 is 20.7. The van der Waals surface area contributed by atoms with E-state index in [2.05, 4.69) is 16.8 Å². The summed E-state index contributed by atoms with van der Waals surface area (Å²) in [6.45, 7) is 3.56. The van der Waals surface area contributed by atoms with E-state index in [1.165, 1.54) is 14.0 Å². The van der Waals surface area contributed by atoms with Gasteiger partial charge in [-0.3, -0.25) is 4.79 Å². The van der Waals surface area contributed by atoms with Crippen molar-refractivity contribution in [3.8, 4) is 5.75 Å². The second kappa shape index (κ2) is 16.3. The van der Waals surface area contributed by atoms with Crippen molar-refractivity contribution in [2.45, 2.75) is 64.5 Å². The summed E-state index contributed by atoms with van der Waals surface area (Å²) in [4.78, 5) is 34.2. The molecule has 0 fully saturated rings. The number of nitrogens with one attached hydrogen (secondary N) is 1. The molecule has 1 N–H and O–H groups in total. The molecule has 0 aliphatic heterocycles. The van der Waals surface area contributed by atoms with Crippen LogP contribution in [-0.2, 0) is 13.9 Å². The van der Waals surface area contributed by atoms with Crippen LogP contribution in [0.4, 0.5) is 0 Å². The molecule has 0 aliphatic rings. The molecule has 0 aromatic heterocycles. The van der Waals surface area contributed by atoms with Crippen LogP contribution < -0.4 is 79.0 Å². The van der Waals surface area contributed by atoms with Gasteiger partial charge in [-0.15, -0.1) is 0 Å². The van der Waals surface area contributed by atoms with E-state index >= 15 is 0 Å². The number of carbonyl (C=O) groups is 1. The van der Waals surface area contributed by atoms with Crippen molar-refractivity contribution in [1.82, 2.24) is 5.32 Å². The fraction of sp³-hybridized carbons (Fsp3) is 0.611. The molecule has 148 valence electrons. The van der Waals surface area contributed by atoms with Gasteiger partial charge in [0.1, 0.15) is 5.75 Å². The summed E-state index contributed by atoms with van der Waals surface area (Å²) in [6.07, 6.45) is 4.37. The van der Waals surface area contributed by atoms with Crippen molar-refractivity contribution in [3.63, 3.8) is 0 Å². The van der Waals surface area contributed by atoms with Crippen LogP contribution in [0.15, 0.2) is 24.3 Å². The minimum absolute atomic E-state index is 0. The number of methoxy groups -OCH3 is 1. The molecule has 2 atom stereocenters. The quantitative estimate of drug-likeness (QED) is 0.209. The number of benzene rings is 1. The number of amides is 1. The number of ether oxygens (including phenoxy) is 1. The molecule has 1 aromatic carbocycles. The zero-order chi connectivity index (χ0) is 19.6. The number of carbonyl (C=O) groups excluding carboxylic acids is 1. The molecule has 0 unspecified atom stereocenters. The average molecular weight is 431 g/mol. The Bertz CT molecular complexity index is 613. The molecule has 0 heterocycles. The van der Waals surface area contributed by atoms with E-state index in [1.54, 1.807) is 24.3 Å². The topological polar surface area (TPSA) is 111 Å². The summed E-state index contributed by atoms with van der Waals surface area (Å²) in [7, 11) is -3.67. The van der Waals surface area contributed by atoms with Crippen molar-refractivity contribution < 1.29 is 87.5 Å². The summed E-state index contributed by atoms with van der Waals surface area (Å²) in [5.41, 5.74) is 0.602. The Balaban J connectivity index is 0. The Morgan fingerprint density at radius 2 is 1.82 bits per heavy atom.